The molecule has 0 aliphatic carbocycles. The van der Waals surface area contributed by atoms with E-state index in [1.54, 1.807) is 54.6 Å². The average Bonchev–Trinajstić information content (AvgIpc) is 1.17. The Kier molecular flexibility index (Phi) is 23.6. The zero-order valence-corrected chi connectivity index (χ0v) is 75.7. The molecule has 0 unspecified atom stereocenters. The number of halogens is 4. The van der Waals surface area contributed by atoms with E-state index in [4.69, 9.17) is 67.4 Å². The lowest BCUT2D eigenvalue weighted by atomic mass is 9.93. The summed E-state index contributed by atoms with van der Waals surface area (Å²) in [5.74, 6) is 6.58. The summed E-state index contributed by atoms with van der Waals surface area (Å²) in [6.07, 6.45) is 0.979. The van der Waals surface area contributed by atoms with E-state index in [1.807, 2.05) is 218 Å². The van der Waals surface area contributed by atoms with Crippen LogP contribution < -0.4 is 34.5 Å². The van der Waals surface area contributed by atoms with Crippen molar-refractivity contribution in [1.29, 1.82) is 0 Å². The smallest absolute Gasteiger partial charge is 0.336 e. The molecular formula is C109H69Br4N7O12. The second-order valence-electron chi connectivity index (χ2n) is 30.4. The highest BCUT2D eigenvalue weighted by molar-refractivity contribution is 9.11. The van der Waals surface area contributed by atoms with Crippen LogP contribution in [0.3, 0.4) is 0 Å². The van der Waals surface area contributed by atoms with Gasteiger partial charge in [-0.15, -0.1) is 0 Å². The number of aromatic nitrogens is 4. The predicted molar refractivity (Wildman–Crippen MR) is 530 cm³/mol. The second kappa shape index (κ2) is 37.0. The maximum Gasteiger partial charge on any atom is 0.336 e. The number of phenols is 1. The third kappa shape index (κ3) is 17.3. The summed E-state index contributed by atoms with van der Waals surface area (Å²) in [7, 11) is 0. The quantitative estimate of drug-likeness (QED) is 0.0584. The molecule has 17 aromatic carbocycles. The van der Waals surface area contributed by atoms with Crippen LogP contribution in [-0.2, 0) is 11.2 Å². The molecule has 23 heteroatoms. The number of ether oxygens (including phenoxy) is 4. The molecule has 19 nitrogen and oxygen atoms in total. The molecule has 0 spiro atoms. The maximum absolute atomic E-state index is 11.3. The van der Waals surface area contributed by atoms with Gasteiger partial charge in [0.05, 0.1) is 34.0 Å². The van der Waals surface area contributed by atoms with Gasteiger partial charge in [0.1, 0.15) is 45.1 Å². The number of oxazole rings is 4. The highest BCUT2D eigenvalue weighted by Crippen LogP contribution is 2.55. The number of nitrogens with zero attached hydrogens (tertiary/aromatic N) is 6. The van der Waals surface area contributed by atoms with E-state index in [2.05, 4.69) is 171 Å². The number of nitrogen functional groups attached to an aromatic ring is 1. The summed E-state index contributed by atoms with van der Waals surface area (Å²) in [6.45, 7) is 0.310. The van der Waals surface area contributed by atoms with Gasteiger partial charge in [0.15, 0.2) is 45.3 Å². The van der Waals surface area contributed by atoms with Crippen molar-refractivity contribution in [1.82, 2.24) is 19.9 Å². The van der Waals surface area contributed by atoms with Gasteiger partial charge in [-0.05, 0) is 239 Å². The number of carbonyl (C=O) groups is 2. The predicted octanol–water partition coefficient (Wildman–Crippen LogP) is 31.1. The fourth-order valence-corrected chi connectivity index (χ4v) is 17.5. The molecule has 3 aliphatic rings. The third-order valence-corrected chi connectivity index (χ3v) is 24.1. The molecule has 132 heavy (non-hydrogen) atoms. The minimum Gasteiger partial charge on any atom is -0.506 e. The summed E-state index contributed by atoms with van der Waals surface area (Å²) >= 11 is 13.7. The molecule has 3 aliphatic heterocycles. The lowest BCUT2D eigenvalue weighted by Gasteiger charge is -2.33. The Bertz CT molecular complexity index is 7340. The number of anilines is 7. The molecule has 4 N–H and O–H groups in total. The normalized spacial score (nSPS) is 11.8. The minimum atomic E-state index is -1.05. The highest BCUT2D eigenvalue weighted by Gasteiger charge is 2.32. The first-order chi connectivity index (χ1) is 64.6. The summed E-state index contributed by atoms with van der Waals surface area (Å²) in [6, 6.07) is 122. The Balaban J connectivity index is 0.000000122. The van der Waals surface area contributed by atoms with Gasteiger partial charge in [-0.2, -0.15) is 0 Å². The van der Waals surface area contributed by atoms with E-state index >= 15 is 0 Å². The number of aromatic hydroxyl groups is 1. The first-order valence-corrected chi connectivity index (χ1v) is 44.8. The minimum absolute atomic E-state index is 0.123. The van der Waals surface area contributed by atoms with Crippen LogP contribution in [-0.4, -0.2) is 42.6 Å². The zero-order chi connectivity index (χ0) is 89.9. The Labute approximate surface area is 788 Å². The number of rotatable bonds is 12. The molecule has 0 bridgehead atoms. The van der Waals surface area contributed by atoms with Crippen molar-refractivity contribution in [3.05, 3.63) is 411 Å². The lowest BCUT2D eigenvalue weighted by Crippen LogP contribution is -2.16. The van der Waals surface area contributed by atoms with Crippen molar-refractivity contribution in [2.75, 3.05) is 15.5 Å². The van der Waals surface area contributed by atoms with Crippen LogP contribution in [0.2, 0.25) is 0 Å². The molecule has 7 heterocycles. The Morgan fingerprint density at radius 1 is 0.326 bits per heavy atom. The van der Waals surface area contributed by atoms with Crippen LogP contribution in [0, 0.1) is 0 Å². The number of benzene rings is 17. The van der Waals surface area contributed by atoms with Gasteiger partial charge in [-0.25, -0.2) is 24.7 Å². The van der Waals surface area contributed by atoms with Crippen molar-refractivity contribution in [3.63, 3.8) is 0 Å². The number of carboxylic acid groups (broad SMARTS) is 1. The van der Waals surface area contributed by atoms with Gasteiger partial charge in [-0.1, -0.05) is 240 Å². The molecular weight excluding hydrogens is 1920 g/mol. The van der Waals surface area contributed by atoms with E-state index < -0.39 is 5.97 Å². The standard InChI is InChI=1S/C50H30N4O4.C26H14Br2N2O2.C14H8Br2O4.C13H10O.C6H7NO/c1-7-19-43-37(13-1)51-49(57-43)35-29-31(53-39-15-3-9-21-45(39)55-46-22-10-4-16-40(46)53)25-27-33(35)34-28-26-32(30-36(34)50-52-38-14-2-8-20-44(38)58-50)54-41-17-5-11-23-47(41)56-48-24-12-6-18-42(48)54;27-15-9-11-17(19(13-15)25-29-21-5-1-3-7-23(21)31-25)18-12-10-16(28)14-20(18)26-30-22-6-2-4-8-24(22)32-26;15-8-1-3-10(12(5-8)14(18)19)11-4-2-9(16)6-13(11)20-7-17;1-3-7-12-10(5-1)9-11-6-2-4-8-13(11)14-12;7-5-3-1-2-4-6(5)8/h1-30H;1-14H;1-7H,(H,18,19);1-8H,9H2;1-4,8H,7H2. The number of hydrogen-bond donors (Lipinski definition) is 3. The third-order valence-electron chi connectivity index (χ3n) is 22.1. The number of aromatic carboxylic acids is 1. The van der Waals surface area contributed by atoms with Gasteiger partial charge in [-0.3, -0.25) is 4.79 Å². The summed E-state index contributed by atoms with van der Waals surface area (Å²) in [5, 5.41) is 18.1. The number of phenolic OH excluding ortho intramolecular Hbond substituents is 1. The average molecular weight is 1990 g/mol. The molecule has 21 aromatic rings. The van der Waals surface area contributed by atoms with Crippen molar-refractivity contribution in [2.24, 2.45) is 0 Å². The van der Waals surface area contributed by atoms with Crippen molar-refractivity contribution < 1.29 is 56.4 Å². The molecule has 0 amide bonds. The molecule has 0 atom stereocenters. The molecule has 24 rings (SSSR count). The fourth-order valence-electron chi connectivity index (χ4n) is 16.0. The highest BCUT2D eigenvalue weighted by atomic mass is 79.9. The van der Waals surface area contributed by atoms with E-state index in [-0.39, 0.29) is 11.3 Å². The van der Waals surface area contributed by atoms with E-state index in [1.165, 1.54) is 17.2 Å². The molecule has 4 aromatic heterocycles. The molecule has 0 radical (unpaired) electrons. The van der Waals surface area contributed by atoms with Gasteiger partial charge < -0.3 is 62.4 Å². The number of hydrogen-bond acceptors (Lipinski definition) is 18. The lowest BCUT2D eigenvalue weighted by molar-refractivity contribution is -0.120. The van der Waals surface area contributed by atoms with Crippen molar-refractivity contribution >= 4 is 160 Å². The van der Waals surface area contributed by atoms with Crippen LogP contribution in [0.15, 0.2) is 412 Å². The number of fused-ring (bicyclic) bond motifs is 10. The number of nitrogens with two attached hydrogens (primary N) is 1. The number of para-hydroxylation sites is 20. The monoisotopic (exact) mass is 1980 g/mol. The second-order valence-corrected chi connectivity index (χ2v) is 34.1. The van der Waals surface area contributed by atoms with E-state index in [9.17, 15) is 14.7 Å². The Morgan fingerprint density at radius 2 is 0.629 bits per heavy atom. The molecule has 640 valence electrons. The van der Waals surface area contributed by atoms with Crippen LogP contribution >= 0.6 is 63.7 Å². The zero-order valence-electron chi connectivity index (χ0n) is 69.3. The largest absolute Gasteiger partial charge is 0.506 e. The van der Waals surface area contributed by atoms with Gasteiger partial charge >= 0.3 is 5.97 Å². The number of carboxylic acids is 1. The molecule has 0 fully saturated rings. The molecule has 0 saturated heterocycles. The Hall–Kier alpha value is -15.9. The van der Waals surface area contributed by atoms with Crippen LogP contribution in [0.5, 0.6) is 46.0 Å². The van der Waals surface area contributed by atoms with E-state index in [0.717, 1.165) is 166 Å². The first-order valence-electron chi connectivity index (χ1n) is 41.6. The summed E-state index contributed by atoms with van der Waals surface area (Å²) < 4.78 is 52.1. The molecule has 0 saturated carbocycles. The SMILES string of the molecule is Brc1ccc(-c2ccc(Br)cc2-c2nc3ccccc3o2)c(-c2nc3ccccc3o2)c1.Nc1ccccc1O.O=COc1cc(Br)ccc1-c1ccc(Br)cc1C(=O)O.c1ccc2c(c1)Cc1ccccc1O2.c1ccc2c(c1)Oc1ccccc1N2c1ccc(-c2ccc(N3c4ccccc4Oc4ccccc43)cc2-c2nc3ccccc3o2)c(-c2nc3ccccc3o2)c1. The summed E-state index contributed by atoms with van der Waals surface area (Å²) in [5.41, 5.74) is 28.2. The topological polar surface area (TPSA) is 248 Å². The van der Waals surface area contributed by atoms with Crippen molar-refractivity contribution in [2.45, 2.75) is 6.42 Å². The Morgan fingerprint density at radius 3 is 0.992 bits per heavy atom. The van der Waals surface area contributed by atoms with Crippen molar-refractivity contribution in [3.8, 4) is 125 Å². The summed E-state index contributed by atoms with van der Waals surface area (Å²) in [4.78, 5) is 45.9. The van der Waals surface area contributed by atoms with Crippen LogP contribution in [0.4, 0.5) is 39.8 Å². The first kappa shape index (κ1) is 84.3. The fraction of sp³-hybridized carbons (Fsp3) is 0.00917. The maximum atomic E-state index is 11.3. The van der Waals surface area contributed by atoms with E-state index in [0.29, 0.717) is 68.2 Å². The van der Waals surface area contributed by atoms with Gasteiger partial charge in [0, 0.05) is 63.5 Å². The van der Waals surface area contributed by atoms with Gasteiger partial charge in [0.2, 0.25) is 23.6 Å². The van der Waals surface area contributed by atoms with Crippen LogP contribution in [0.25, 0.3) is 124 Å². The number of carbonyl (C=O) groups excluding carboxylic acids is 1. The van der Waals surface area contributed by atoms with Gasteiger partial charge in [0.25, 0.3) is 6.47 Å². The van der Waals surface area contributed by atoms with Crippen LogP contribution in [0.1, 0.15) is 21.5 Å².